The number of carbonyl (C=O) groups is 1. The highest BCUT2D eigenvalue weighted by Gasteiger charge is 2.05. The summed E-state index contributed by atoms with van der Waals surface area (Å²) in [5.74, 6) is 5.16. The first-order valence-corrected chi connectivity index (χ1v) is 4.22. The van der Waals surface area contributed by atoms with Crippen LogP contribution in [0.5, 0.6) is 0 Å². The average molecular weight is 185 g/mol. The molecule has 0 aromatic carbocycles. The molecule has 1 unspecified atom stereocenters. The summed E-state index contributed by atoms with van der Waals surface area (Å²) in [6.07, 6.45) is 7.26. The summed E-state index contributed by atoms with van der Waals surface area (Å²) < 4.78 is 4.79. The van der Waals surface area contributed by atoms with Gasteiger partial charge >= 0.3 is 6.09 Å². The van der Waals surface area contributed by atoms with Crippen LogP contribution in [0.1, 0.15) is 13.8 Å². The zero-order chi connectivity index (χ0) is 10.1. The number of allylic oxidation sites excluding steroid dienone is 3. The van der Waals surface area contributed by atoms with Crippen molar-refractivity contribution in [3.05, 3.63) is 24.3 Å². The summed E-state index contributed by atoms with van der Waals surface area (Å²) in [4.78, 5) is 10.6. The van der Waals surface area contributed by atoms with Crippen LogP contribution in [0.15, 0.2) is 24.3 Å². The van der Waals surface area contributed by atoms with Crippen LogP contribution in [-0.4, -0.2) is 12.7 Å². The Hall–Kier alpha value is -1.13. The second kappa shape index (κ2) is 7.52. The van der Waals surface area contributed by atoms with Crippen molar-refractivity contribution < 1.29 is 15.0 Å². The molecular formula is C9H17N2O2+. The molecule has 0 aliphatic rings. The van der Waals surface area contributed by atoms with E-state index in [-0.39, 0.29) is 5.92 Å². The van der Waals surface area contributed by atoms with Crippen molar-refractivity contribution in [3.63, 3.8) is 0 Å². The highest BCUT2D eigenvalue weighted by molar-refractivity contribution is 5.54. The van der Waals surface area contributed by atoms with E-state index in [1.807, 2.05) is 38.2 Å². The fourth-order valence-corrected chi connectivity index (χ4v) is 0.682. The lowest BCUT2D eigenvalue weighted by atomic mass is 10.2. The van der Waals surface area contributed by atoms with Gasteiger partial charge in [0.2, 0.25) is 0 Å². The number of carbonyl (C=O) groups excluding carboxylic acids is 1. The topological polar surface area (TPSA) is 68.9 Å². The first-order chi connectivity index (χ1) is 6.20. The largest absolute Gasteiger partial charge is 0.532 e. The lowest BCUT2D eigenvalue weighted by Gasteiger charge is -2.03. The van der Waals surface area contributed by atoms with E-state index in [0.717, 1.165) is 5.43 Å². The van der Waals surface area contributed by atoms with Gasteiger partial charge in [0.15, 0.2) is 0 Å². The normalized spacial score (nSPS) is 13.8. The summed E-state index contributed by atoms with van der Waals surface area (Å²) in [6.45, 7) is 4.27. The molecule has 0 fully saturated rings. The van der Waals surface area contributed by atoms with Crippen LogP contribution >= 0.6 is 0 Å². The van der Waals surface area contributed by atoms with Gasteiger partial charge in [-0.25, -0.2) is 0 Å². The molecule has 74 valence electrons. The summed E-state index contributed by atoms with van der Waals surface area (Å²) >= 11 is 0. The van der Waals surface area contributed by atoms with E-state index in [0.29, 0.717) is 6.61 Å². The van der Waals surface area contributed by atoms with Crippen molar-refractivity contribution in [2.24, 2.45) is 11.8 Å². The maximum atomic E-state index is 10.6. The van der Waals surface area contributed by atoms with E-state index < -0.39 is 6.09 Å². The molecule has 4 nitrogen and oxygen atoms in total. The van der Waals surface area contributed by atoms with E-state index in [4.69, 9.17) is 10.6 Å². The number of amides is 1. The third-order valence-corrected chi connectivity index (χ3v) is 1.37. The van der Waals surface area contributed by atoms with Crippen LogP contribution in [0, 0.1) is 5.92 Å². The number of primary amides is 1. The third-order valence-electron chi connectivity index (χ3n) is 1.37. The smallest absolute Gasteiger partial charge is 0.418 e. The Labute approximate surface area is 78.4 Å². The van der Waals surface area contributed by atoms with Crippen molar-refractivity contribution in [1.29, 1.82) is 0 Å². The van der Waals surface area contributed by atoms with Crippen molar-refractivity contribution in [2.45, 2.75) is 13.8 Å². The molecule has 1 amide bonds. The fourth-order valence-electron chi connectivity index (χ4n) is 0.682. The van der Waals surface area contributed by atoms with Gasteiger partial charge in [-0.2, -0.15) is 16.1 Å². The Morgan fingerprint density at radius 1 is 1.62 bits per heavy atom. The highest BCUT2D eigenvalue weighted by Crippen LogP contribution is 1.97. The van der Waals surface area contributed by atoms with Crippen LogP contribution in [0.4, 0.5) is 4.79 Å². The second-order valence-corrected chi connectivity index (χ2v) is 2.68. The molecule has 4 heteroatoms. The second-order valence-electron chi connectivity index (χ2n) is 2.68. The summed E-state index contributed by atoms with van der Waals surface area (Å²) in [5.41, 5.74) is 0.919. The third kappa shape index (κ3) is 7.24. The minimum atomic E-state index is -0.480. The van der Waals surface area contributed by atoms with E-state index in [1.165, 1.54) is 0 Å². The zero-order valence-corrected chi connectivity index (χ0v) is 8.07. The molecule has 0 aliphatic carbocycles. The van der Waals surface area contributed by atoms with Crippen molar-refractivity contribution in [2.75, 3.05) is 6.61 Å². The molecule has 4 N–H and O–H groups in total. The van der Waals surface area contributed by atoms with Gasteiger partial charge in [0, 0.05) is 5.92 Å². The van der Waals surface area contributed by atoms with Crippen LogP contribution in [0.2, 0.25) is 0 Å². The standard InChI is InChI=1S/C9H16N2O2/c1-3-4-5-6-8(2)7-13-9(12)11-10/h3-6,8H,7,10H2,1-2H3,(H,11,12)/p+1. The predicted molar refractivity (Wildman–Crippen MR) is 50.6 cm³/mol. The molecule has 0 aromatic rings. The number of hydrogen-bond donors (Lipinski definition) is 2. The highest BCUT2D eigenvalue weighted by atomic mass is 16.5. The average Bonchev–Trinajstić information content (AvgIpc) is 2.14. The zero-order valence-electron chi connectivity index (χ0n) is 8.07. The van der Waals surface area contributed by atoms with Crippen molar-refractivity contribution >= 4 is 6.09 Å². The van der Waals surface area contributed by atoms with Crippen LogP contribution in [-0.2, 0) is 4.74 Å². The van der Waals surface area contributed by atoms with E-state index in [1.54, 1.807) is 0 Å². The van der Waals surface area contributed by atoms with Gasteiger partial charge in [0.25, 0.3) is 0 Å². The molecule has 0 radical (unpaired) electrons. The molecule has 1 atom stereocenters. The van der Waals surface area contributed by atoms with Gasteiger partial charge < -0.3 is 4.74 Å². The van der Waals surface area contributed by atoms with Crippen molar-refractivity contribution in [3.8, 4) is 0 Å². The van der Waals surface area contributed by atoms with Gasteiger partial charge in [0.1, 0.15) is 6.61 Å². The number of quaternary nitrogens is 1. The minimum Gasteiger partial charge on any atom is -0.418 e. The minimum absolute atomic E-state index is 0.208. The summed E-state index contributed by atoms with van der Waals surface area (Å²) in [5, 5.41) is 0. The Balaban J connectivity index is 3.62. The van der Waals surface area contributed by atoms with Gasteiger partial charge in [-0.15, -0.1) is 0 Å². The first kappa shape index (κ1) is 11.9. The molecule has 0 aliphatic heterocycles. The van der Waals surface area contributed by atoms with Gasteiger partial charge in [-0.05, 0) is 6.92 Å². The Kier molecular flexibility index (Phi) is 6.86. The molecule has 0 heterocycles. The number of rotatable bonds is 4. The van der Waals surface area contributed by atoms with E-state index in [2.05, 4.69) is 0 Å². The molecular weight excluding hydrogens is 168 g/mol. The number of ether oxygens (including phenoxy) is 1. The number of hydrogen-bond acceptors (Lipinski definition) is 3. The Morgan fingerprint density at radius 2 is 2.31 bits per heavy atom. The first-order valence-electron chi connectivity index (χ1n) is 4.22. The van der Waals surface area contributed by atoms with Gasteiger partial charge in [-0.1, -0.05) is 31.2 Å². The lowest BCUT2D eigenvalue weighted by molar-refractivity contribution is -0.582. The predicted octanol–water partition coefficient (Wildman–Crippen LogP) is 0.329. The number of nitrogens with two attached hydrogens (primary N) is 2. The molecule has 0 spiro atoms. The summed E-state index contributed by atoms with van der Waals surface area (Å²) in [7, 11) is 0. The van der Waals surface area contributed by atoms with Gasteiger partial charge in [0.05, 0.1) is 0 Å². The SMILES string of the molecule is CC=CC=CC(C)COC(=O)[NH2+]N. The molecule has 0 saturated carbocycles. The van der Waals surface area contributed by atoms with Crippen LogP contribution in [0.25, 0.3) is 0 Å². The molecule has 13 heavy (non-hydrogen) atoms. The lowest BCUT2D eigenvalue weighted by Crippen LogP contribution is -2.94. The van der Waals surface area contributed by atoms with Crippen LogP contribution < -0.4 is 11.3 Å². The Bertz CT molecular complexity index is 200. The monoisotopic (exact) mass is 185 g/mol. The van der Waals surface area contributed by atoms with Crippen molar-refractivity contribution in [1.82, 2.24) is 0 Å². The maximum absolute atomic E-state index is 10.6. The maximum Gasteiger partial charge on any atom is 0.532 e. The molecule has 0 saturated heterocycles. The fraction of sp³-hybridized carbons (Fsp3) is 0.444. The van der Waals surface area contributed by atoms with E-state index >= 15 is 0 Å². The molecule has 0 rings (SSSR count). The molecule has 0 bridgehead atoms. The molecule has 0 aromatic heterocycles. The summed E-state index contributed by atoms with van der Waals surface area (Å²) in [6, 6.07) is 0. The quantitative estimate of drug-likeness (QED) is 0.287. The van der Waals surface area contributed by atoms with Crippen LogP contribution in [0.3, 0.4) is 0 Å². The Morgan fingerprint density at radius 3 is 2.85 bits per heavy atom. The van der Waals surface area contributed by atoms with Gasteiger partial charge in [-0.3, -0.25) is 0 Å². The van der Waals surface area contributed by atoms with E-state index in [9.17, 15) is 4.79 Å².